The SMILES string of the molecule is N[C@@H](Cc1cn(-c2ccc(C(=O)O)cc2)c2ccccc12)C(=O)O. The zero-order valence-electron chi connectivity index (χ0n) is 12.7. The number of nitrogens with two attached hydrogens (primary N) is 1. The Balaban J connectivity index is 2.08. The van der Waals surface area contributed by atoms with Crippen molar-refractivity contribution in [3.8, 4) is 5.69 Å². The van der Waals surface area contributed by atoms with Crippen molar-refractivity contribution in [1.29, 1.82) is 0 Å². The highest BCUT2D eigenvalue weighted by atomic mass is 16.4. The summed E-state index contributed by atoms with van der Waals surface area (Å²) in [6, 6.07) is 13.2. The monoisotopic (exact) mass is 324 g/mol. The molecule has 0 saturated carbocycles. The van der Waals surface area contributed by atoms with Gasteiger partial charge in [-0.3, -0.25) is 4.79 Å². The third kappa shape index (κ3) is 2.87. The van der Waals surface area contributed by atoms with Crippen molar-refractivity contribution in [2.45, 2.75) is 12.5 Å². The van der Waals surface area contributed by atoms with Crippen LogP contribution in [-0.4, -0.2) is 32.8 Å². The van der Waals surface area contributed by atoms with Gasteiger partial charge in [0.15, 0.2) is 0 Å². The van der Waals surface area contributed by atoms with E-state index in [4.69, 9.17) is 15.9 Å². The molecule has 0 radical (unpaired) electrons. The predicted octanol–water partition coefficient (Wildman–Crippen LogP) is 2.28. The first-order valence-electron chi connectivity index (χ1n) is 7.38. The number of hydrogen-bond acceptors (Lipinski definition) is 3. The summed E-state index contributed by atoms with van der Waals surface area (Å²) in [6.07, 6.45) is 2.07. The maximum absolute atomic E-state index is 11.0. The number of benzene rings is 2. The Bertz CT molecular complexity index is 912. The van der Waals surface area contributed by atoms with Gasteiger partial charge in [0.1, 0.15) is 6.04 Å². The van der Waals surface area contributed by atoms with Gasteiger partial charge >= 0.3 is 11.9 Å². The fraction of sp³-hybridized carbons (Fsp3) is 0.111. The van der Waals surface area contributed by atoms with Gasteiger partial charge in [0.25, 0.3) is 0 Å². The van der Waals surface area contributed by atoms with E-state index in [1.807, 2.05) is 35.0 Å². The summed E-state index contributed by atoms with van der Waals surface area (Å²) in [5, 5.41) is 19.0. The molecule has 1 heterocycles. The molecule has 3 rings (SSSR count). The van der Waals surface area contributed by atoms with Crippen LogP contribution in [0.1, 0.15) is 15.9 Å². The van der Waals surface area contributed by atoms with Gasteiger partial charge < -0.3 is 20.5 Å². The van der Waals surface area contributed by atoms with E-state index in [0.717, 1.165) is 22.2 Å². The van der Waals surface area contributed by atoms with Crippen LogP contribution >= 0.6 is 0 Å². The molecule has 6 heteroatoms. The minimum absolute atomic E-state index is 0.211. The summed E-state index contributed by atoms with van der Waals surface area (Å²) in [5.41, 5.74) is 8.42. The highest BCUT2D eigenvalue weighted by Gasteiger charge is 2.17. The van der Waals surface area contributed by atoms with E-state index >= 15 is 0 Å². The Hall–Kier alpha value is -3.12. The van der Waals surface area contributed by atoms with E-state index < -0.39 is 18.0 Å². The van der Waals surface area contributed by atoms with Gasteiger partial charge in [0.2, 0.25) is 0 Å². The molecule has 0 aliphatic rings. The Labute approximate surface area is 137 Å². The lowest BCUT2D eigenvalue weighted by Gasteiger charge is -2.06. The van der Waals surface area contributed by atoms with Gasteiger partial charge in [-0.05, 0) is 35.9 Å². The number of rotatable bonds is 5. The lowest BCUT2D eigenvalue weighted by Crippen LogP contribution is -2.32. The van der Waals surface area contributed by atoms with Gasteiger partial charge in [0.05, 0.1) is 11.1 Å². The molecule has 2 aromatic carbocycles. The van der Waals surface area contributed by atoms with Crippen molar-refractivity contribution < 1.29 is 19.8 Å². The Kier molecular flexibility index (Phi) is 4.05. The molecule has 0 spiro atoms. The van der Waals surface area contributed by atoms with Crippen LogP contribution in [-0.2, 0) is 11.2 Å². The summed E-state index contributed by atoms with van der Waals surface area (Å²) >= 11 is 0. The molecule has 6 nitrogen and oxygen atoms in total. The number of nitrogens with zero attached hydrogens (tertiary/aromatic N) is 1. The topological polar surface area (TPSA) is 106 Å². The second kappa shape index (κ2) is 6.17. The van der Waals surface area contributed by atoms with Crippen LogP contribution in [0.4, 0.5) is 0 Å². The first kappa shape index (κ1) is 15.8. The van der Waals surface area contributed by atoms with Crippen LogP contribution in [0.5, 0.6) is 0 Å². The normalized spacial score (nSPS) is 12.2. The molecule has 0 aliphatic heterocycles. The molecule has 0 fully saturated rings. The second-order valence-electron chi connectivity index (χ2n) is 5.54. The van der Waals surface area contributed by atoms with Gasteiger partial charge in [0, 0.05) is 23.7 Å². The number of aromatic nitrogens is 1. The summed E-state index contributed by atoms with van der Waals surface area (Å²) in [5.74, 6) is -2.02. The lowest BCUT2D eigenvalue weighted by atomic mass is 10.1. The number of carboxylic acid groups (broad SMARTS) is 2. The van der Waals surface area contributed by atoms with E-state index in [2.05, 4.69) is 0 Å². The third-order valence-corrected chi connectivity index (χ3v) is 3.94. The Morgan fingerprint density at radius 3 is 2.33 bits per heavy atom. The van der Waals surface area contributed by atoms with E-state index in [0.29, 0.717) is 0 Å². The standard InChI is InChI=1S/C18H16N2O4/c19-15(18(23)24)9-12-10-20(16-4-2-1-3-14(12)16)13-7-5-11(6-8-13)17(21)22/h1-8,10,15H,9,19H2,(H,21,22)(H,23,24)/t15-/m0/s1. The molecule has 1 atom stereocenters. The minimum Gasteiger partial charge on any atom is -0.480 e. The van der Waals surface area contributed by atoms with Gasteiger partial charge in [-0.25, -0.2) is 4.79 Å². The number of fused-ring (bicyclic) bond motifs is 1. The zero-order chi connectivity index (χ0) is 17.3. The van der Waals surface area contributed by atoms with Crippen molar-refractivity contribution in [1.82, 2.24) is 4.57 Å². The smallest absolute Gasteiger partial charge is 0.335 e. The molecule has 122 valence electrons. The zero-order valence-corrected chi connectivity index (χ0v) is 12.7. The molecule has 0 amide bonds. The molecule has 0 unspecified atom stereocenters. The number of aromatic carboxylic acids is 1. The fourth-order valence-electron chi connectivity index (χ4n) is 2.72. The van der Waals surface area contributed by atoms with E-state index in [9.17, 15) is 9.59 Å². The summed E-state index contributed by atoms with van der Waals surface area (Å²) in [6.45, 7) is 0. The molecular weight excluding hydrogens is 308 g/mol. The second-order valence-corrected chi connectivity index (χ2v) is 5.54. The van der Waals surface area contributed by atoms with Crippen LogP contribution in [0.25, 0.3) is 16.6 Å². The number of carboxylic acids is 2. The molecule has 0 saturated heterocycles. The van der Waals surface area contributed by atoms with Crippen LogP contribution in [0.3, 0.4) is 0 Å². The fourth-order valence-corrected chi connectivity index (χ4v) is 2.72. The molecule has 0 aliphatic carbocycles. The van der Waals surface area contributed by atoms with Crippen LogP contribution in [0.2, 0.25) is 0 Å². The molecular formula is C18H16N2O4. The largest absolute Gasteiger partial charge is 0.480 e. The third-order valence-electron chi connectivity index (χ3n) is 3.94. The first-order chi connectivity index (χ1) is 11.5. The Morgan fingerprint density at radius 1 is 1.04 bits per heavy atom. The number of hydrogen-bond donors (Lipinski definition) is 3. The molecule has 24 heavy (non-hydrogen) atoms. The van der Waals surface area contributed by atoms with Gasteiger partial charge in [-0.15, -0.1) is 0 Å². The first-order valence-corrected chi connectivity index (χ1v) is 7.38. The van der Waals surface area contributed by atoms with Crippen molar-refractivity contribution in [2.24, 2.45) is 5.73 Å². The van der Waals surface area contributed by atoms with Gasteiger partial charge in [-0.2, -0.15) is 0 Å². The maximum atomic E-state index is 11.0. The molecule has 3 aromatic rings. The van der Waals surface area contributed by atoms with Crippen molar-refractivity contribution in [3.05, 3.63) is 65.9 Å². The van der Waals surface area contributed by atoms with E-state index in [1.165, 1.54) is 12.1 Å². The van der Waals surface area contributed by atoms with E-state index in [1.54, 1.807) is 12.1 Å². The highest BCUT2D eigenvalue weighted by Crippen LogP contribution is 2.26. The minimum atomic E-state index is -1.04. The quantitative estimate of drug-likeness (QED) is 0.667. The number of carbonyl (C=O) groups is 2. The molecule has 1 aromatic heterocycles. The predicted molar refractivity (Wildman–Crippen MR) is 89.5 cm³/mol. The van der Waals surface area contributed by atoms with Crippen molar-refractivity contribution in [3.63, 3.8) is 0 Å². The number of aliphatic carboxylic acids is 1. The molecule has 0 bridgehead atoms. The van der Waals surface area contributed by atoms with E-state index in [-0.39, 0.29) is 12.0 Å². The Morgan fingerprint density at radius 2 is 1.71 bits per heavy atom. The number of para-hydroxylation sites is 1. The summed E-state index contributed by atoms with van der Waals surface area (Å²) in [4.78, 5) is 22.0. The van der Waals surface area contributed by atoms with Crippen molar-refractivity contribution >= 4 is 22.8 Å². The van der Waals surface area contributed by atoms with Gasteiger partial charge in [-0.1, -0.05) is 18.2 Å². The lowest BCUT2D eigenvalue weighted by molar-refractivity contribution is -0.138. The van der Waals surface area contributed by atoms with Crippen LogP contribution < -0.4 is 5.73 Å². The van der Waals surface area contributed by atoms with Crippen LogP contribution in [0.15, 0.2) is 54.7 Å². The summed E-state index contributed by atoms with van der Waals surface area (Å²) < 4.78 is 1.91. The van der Waals surface area contributed by atoms with Crippen LogP contribution in [0, 0.1) is 0 Å². The highest BCUT2D eigenvalue weighted by molar-refractivity contribution is 5.89. The average Bonchev–Trinajstić information content (AvgIpc) is 2.93. The maximum Gasteiger partial charge on any atom is 0.335 e. The summed E-state index contributed by atoms with van der Waals surface area (Å²) in [7, 11) is 0. The molecule has 4 N–H and O–H groups in total. The van der Waals surface area contributed by atoms with Crippen molar-refractivity contribution in [2.75, 3.05) is 0 Å². The average molecular weight is 324 g/mol.